The molecule has 0 amide bonds. The van der Waals surface area contributed by atoms with Crippen LogP contribution in [-0.4, -0.2) is 7.05 Å². The molecule has 0 bridgehead atoms. The van der Waals surface area contributed by atoms with Crippen LogP contribution in [0.4, 0.5) is 4.39 Å². The van der Waals surface area contributed by atoms with E-state index in [1.807, 2.05) is 25.2 Å². The van der Waals surface area contributed by atoms with Crippen LogP contribution in [0, 0.1) is 12.7 Å². The third-order valence-electron chi connectivity index (χ3n) is 2.98. The minimum Gasteiger partial charge on any atom is -0.316 e. The number of benzene rings is 2. The van der Waals surface area contributed by atoms with Crippen molar-refractivity contribution in [1.29, 1.82) is 0 Å². The van der Waals surface area contributed by atoms with E-state index in [-0.39, 0.29) is 5.82 Å². The summed E-state index contributed by atoms with van der Waals surface area (Å²) < 4.78 is 13.5. The largest absolute Gasteiger partial charge is 0.316 e. The van der Waals surface area contributed by atoms with Crippen molar-refractivity contribution < 1.29 is 4.39 Å². The molecule has 0 aliphatic carbocycles. The molecule has 2 aromatic carbocycles. The summed E-state index contributed by atoms with van der Waals surface area (Å²) in [5, 5.41) is 4.12. The van der Waals surface area contributed by atoms with E-state index in [1.54, 1.807) is 13.0 Å². The van der Waals surface area contributed by atoms with Gasteiger partial charge in [-0.2, -0.15) is 0 Å². The molecule has 0 fully saturated rings. The molecule has 19 heavy (non-hydrogen) atoms. The predicted octanol–water partition coefficient (Wildman–Crippen LogP) is 4.83. The number of nitrogens with one attached hydrogen (secondary N) is 1. The van der Waals surface area contributed by atoms with Crippen LogP contribution in [0.3, 0.4) is 0 Å². The van der Waals surface area contributed by atoms with Gasteiger partial charge in [-0.3, -0.25) is 0 Å². The molecule has 1 nitrogen and oxygen atoms in total. The lowest BCUT2D eigenvalue weighted by Crippen LogP contribution is -2.06. The molecule has 100 valence electrons. The lowest BCUT2D eigenvalue weighted by Gasteiger charge is -2.13. The molecular formula is C15H14Cl2FN. The van der Waals surface area contributed by atoms with E-state index >= 15 is 0 Å². The van der Waals surface area contributed by atoms with E-state index in [0.717, 1.165) is 16.7 Å². The van der Waals surface area contributed by atoms with Gasteiger partial charge in [-0.25, -0.2) is 4.39 Å². The summed E-state index contributed by atoms with van der Waals surface area (Å²) in [7, 11) is 1.87. The summed E-state index contributed by atoms with van der Waals surface area (Å²) in [5.74, 6) is -0.300. The van der Waals surface area contributed by atoms with Crippen molar-refractivity contribution >= 4 is 23.2 Å². The minimum absolute atomic E-state index is 0.300. The topological polar surface area (TPSA) is 12.0 Å². The van der Waals surface area contributed by atoms with E-state index in [4.69, 9.17) is 23.2 Å². The van der Waals surface area contributed by atoms with E-state index in [0.29, 0.717) is 22.2 Å². The quantitative estimate of drug-likeness (QED) is 0.856. The third-order valence-corrected chi connectivity index (χ3v) is 3.53. The van der Waals surface area contributed by atoms with Gasteiger partial charge in [0.2, 0.25) is 0 Å². The summed E-state index contributed by atoms with van der Waals surface area (Å²) in [6.07, 6.45) is 0. The monoisotopic (exact) mass is 297 g/mol. The number of hydrogen-bond donors (Lipinski definition) is 1. The molecule has 1 N–H and O–H groups in total. The fourth-order valence-corrected chi connectivity index (χ4v) is 2.43. The maximum atomic E-state index is 13.5. The highest BCUT2D eigenvalue weighted by atomic mass is 35.5. The second-order valence-electron chi connectivity index (χ2n) is 4.41. The third kappa shape index (κ3) is 3.08. The summed E-state index contributed by atoms with van der Waals surface area (Å²) in [6, 6.07) is 8.73. The normalized spacial score (nSPS) is 10.8. The molecular weight excluding hydrogens is 284 g/mol. The van der Waals surface area contributed by atoms with Gasteiger partial charge in [0.25, 0.3) is 0 Å². The minimum atomic E-state index is -0.300. The van der Waals surface area contributed by atoms with Gasteiger partial charge in [-0.1, -0.05) is 29.3 Å². The zero-order valence-corrected chi connectivity index (χ0v) is 12.2. The Kier molecular flexibility index (Phi) is 4.46. The van der Waals surface area contributed by atoms with Crippen molar-refractivity contribution in [3.63, 3.8) is 0 Å². The van der Waals surface area contributed by atoms with Crippen molar-refractivity contribution in [1.82, 2.24) is 5.32 Å². The van der Waals surface area contributed by atoms with Gasteiger partial charge in [-0.15, -0.1) is 0 Å². The van der Waals surface area contributed by atoms with Crippen LogP contribution >= 0.6 is 23.2 Å². The lowest BCUT2D eigenvalue weighted by atomic mass is 9.98. The van der Waals surface area contributed by atoms with E-state index < -0.39 is 0 Å². The number of hydrogen-bond acceptors (Lipinski definition) is 1. The first-order chi connectivity index (χ1) is 9.02. The zero-order chi connectivity index (χ0) is 14.0. The van der Waals surface area contributed by atoms with Crippen LogP contribution in [0.1, 0.15) is 11.1 Å². The SMILES string of the molecule is CNCc1ccc(Cl)cc1-c1cc(C)c(F)cc1Cl. The van der Waals surface area contributed by atoms with Crippen LogP contribution in [0.2, 0.25) is 10.0 Å². The Labute approximate surface area is 122 Å². The molecule has 0 saturated heterocycles. The number of rotatable bonds is 3. The van der Waals surface area contributed by atoms with Gasteiger partial charge < -0.3 is 5.32 Å². The molecule has 0 saturated carbocycles. The van der Waals surface area contributed by atoms with Crippen molar-refractivity contribution in [3.05, 3.63) is 57.3 Å². The molecule has 0 aliphatic rings. The maximum absolute atomic E-state index is 13.5. The Morgan fingerprint density at radius 1 is 1.11 bits per heavy atom. The molecule has 0 radical (unpaired) electrons. The summed E-state index contributed by atoms with van der Waals surface area (Å²) >= 11 is 12.2. The van der Waals surface area contributed by atoms with E-state index in [9.17, 15) is 4.39 Å². The fourth-order valence-electron chi connectivity index (χ4n) is 2.01. The van der Waals surface area contributed by atoms with E-state index in [2.05, 4.69) is 5.32 Å². The zero-order valence-electron chi connectivity index (χ0n) is 10.7. The highest BCUT2D eigenvalue weighted by Crippen LogP contribution is 2.34. The average molecular weight is 298 g/mol. The summed E-state index contributed by atoms with van der Waals surface area (Å²) in [4.78, 5) is 0. The Bertz CT molecular complexity index is 611. The summed E-state index contributed by atoms with van der Waals surface area (Å²) in [6.45, 7) is 2.41. The van der Waals surface area contributed by atoms with Crippen LogP contribution in [-0.2, 0) is 6.54 Å². The Morgan fingerprint density at radius 3 is 2.53 bits per heavy atom. The molecule has 0 spiro atoms. The second-order valence-corrected chi connectivity index (χ2v) is 5.26. The Balaban J connectivity index is 2.63. The standard InChI is InChI=1S/C15H14Cl2FN/c1-9-5-13(14(17)7-15(9)18)12-6-11(16)4-3-10(12)8-19-2/h3-7,19H,8H2,1-2H3. The molecule has 2 rings (SSSR count). The Hall–Kier alpha value is -1.09. The predicted molar refractivity (Wildman–Crippen MR) is 79.4 cm³/mol. The number of halogens is 3. The average Bonchev–Trinajstić information content (AvgIpc) is 2.36. The molecule has 0 atom stereocenters. The molecule has 0 unspecified atom stereocenters. The molecule has 0 aliphatic heterocycles. The van der Waals surface area contributed by atoms with Crippen molar-refractivity contribution in [3.8, 4) is 11.1 Å². The molecule has 4 heteroatoms. The first-order valence-electron chi connectivity index (χ1n) is 5.92. The summed E-state index contributed by atoms with van der Waals surface area (Å²) in [5.41, 5.74) is 3.36. The first kappa shape index (κ1) is 14.3. The number of aryl methyl sites for hydroxylation is 1. The van der Waals surface area contributed by atoms with Gasteiger partial charge in [0, 0.05) is 17.1 Å². The first-order valence-corrected chi connectivity index (χ1v) is 6.67. The van der Waals surface area contributed by atoms with Gasteiger partial charge >= 0.3 is 0 Å². The van der Waals surface area contributed by atoms with Crippen LogP contribution in [0.15, 0.2) is 30.3 Å². The van der Waals surface area contributed by atoms with Crippen molar-refractivity contribution in [2.24, 2.45) is 0 Å². The second kappa shape index (κ2) is 5.91. The van der Waals surface area contributed by atoms with Crippen LogP contribution < -0.4 is 5.32 Å². The van der Waals surface area contributed by atoms with Gasteiger partial charge in [-0.05, 0) is 54.9 Å². The van der Waals surface area contributed by atoms with Crippen molar-refractivity contribution in [2.45, 2.75) is 13.5 Å². The maximum Gasteiger partial charge on any atom is 0.127 e. The molecule has 0 aromatic heterocycles. The highest BCUT2D eigenvalue weighted by Gasteiger charge is 2.12. The van der Waals surface area contributed by atoms with Crippen LogP contribution in [0.25, 0.3) is 11.1 Å². The fraction of sp³-hybridized carbons (Fsp3) is 0.200. The van der Waals surface area contributed by atoms with Gasteiger partial charge in [0.15, 0.2) is 0 Å². The highest BCUT2D eigenvalue weighted by molar-refractivity contribution is 6.34. The lowest BCUT2D eigenvalue weighted by molar-refractivity contribution is 0.619. The smallest absolute Gasteiger partial charge is 0.127 e. The van der Waals surface area contributed by atoms with Gasteiger partial charge in [0.05, 0.1) is 5.02 Å². The Morgan fingerprint density at radius 2 is 1.84 bits per heavy atom. The van der Waals surface area contributed by atoms with Crippen molar-refractivity contribution in [2.75, 3.05) is 7.05 Å². The van der Waals surface area contributed by atoms with Gasteiger partial charge in [0.1, 0.15) is 5.82 Å². The van der Waals surface area contributed by atoms with E-state index in [1.165, 1.54) is 6.07 Å². The molecule has 2 aromatic rings. The van der Waals surface area contributed by atoms with Crippen LogP contribution in [0.5, 0.6) is 0 Å². The molecule has 0 heterocycles.